The summed E-state index contributed by atoms with van der Waals surface area (Å²) in [5.74, 6) is 0.673. The van der Waals surface area contributed by atoms with Gasteiger partial charge in [-0.15, -0.1) is 0 Å². The topological polar surface area (TPSA) is 46.4 Å². The van der Waals surface area contributed by atoms with Crippen molar-refractivity contribution in [2.24, 2.45) is 0 Å². The van der Waals surface area contributed by atoms with Gasteiger partial charge in [-0.25, -0.2) is 0 Å². The first-order valence-electron chi connectivity index (χ1n) is 7.97. The minimum atomic E-state index is 0.409. The number of rotatable bonds is 3. The first-order chi connectivity index (χ1) is 12.7. The molecular weight excluding hydrogens is 368 g/mol. The van der Waals surface area contributed by atoms with Crippen LogP contribution in [-0.4, -0.2) is 12.2 Å². The van der Waals surface area contributed by atoms with Gasteiger partial charge in [0.05, 0.1) is 23.5 Å². The van der Waals surface area contributed by atoms with Crippen LogP contribution in [0.3, 0.4) is 0 Å². The van der Waals surface area contributed by atoms with E-state index in [-0.39, 0.29) is 0 Å². The zero-order valence-corrected chi connectivity index (χ0v) is 15.4. The Morgan fingerprint density at radius 1 is 0.923 bits per heavy atom. The Kier molecular flexibility index (Phi) is 4.41. The average molecular weight is 383 g/mol. The molecule has 4 nitrogen and oxygen atoms in total. The number of anilines is 2. The fourth-order valence-corrected chi connectivity index (χ4v) is 3.26. The average Bonchev–Trinajstić information content (AvgIpc) is 3.00. The second-order valence-corrected chi connectivity index (χ2v) is 6.52. The molecule has 6 heteroatoms. The second-order valence-electron chi connectivity index (χ2n) is 5.71. The van der Waals surface area contributed by atoms with Crippen LogP contribution in [-0.2, 0) is 0 Å². The number of hydrogen-bond acceptors (Lipinski definition) is 3. The fraction of sp³-hybridized carbons (Fsp3) is 0.0500. The van der Waals surface area contributed by atoms with Gasteiger partial charge in [-0.05, 0) is 36.5 Å². The molecule has 1 aromatic heterocycles. The number of hydrogen-bond donors (Lipinski definition) is 2. The van der Waals surface area contributed by atoms with Gasteiger partial charge in [0.1, 0.15) is 16.9 Å². The van der Waals surface area contributed by atoms with Gasteiger partial charge in [-0.3, -0.25) is 0 Å². The highest BCUT2D eigenvalue weighted by Gasteiger charge is 2.13. The van der Waals surface area contributed by atoms with Gasteiger partial charge in [0.2, 0.25) is 0 Å². The summed E-state index contributed by atoms with van der Waals surface area (Å²) in [6.45, 7) is 0. The van der Waals surface area contributed by atoms with Crippen molar-refractivity contribution >= 4 is 62.2 Å². The Balaban J connectivity index is 1.68. The van der Waals surface area contributed by atoms with Crippen LogP contribution in [0, 0.1) is 0 Å². The van der Waals surface area contributed by atoms with Crippen molar-refractivity contribution in [3.8, 4) is 5.75 Å². The van der Waals surface area contributed by atoms with Crippen molar-refractivity contribution in [2.75, 3.05) is 17.7 Å². The monoisotopic (exact) mass is 382 g/mol. The molecule has 0 aliphatic rings. The molecule has 0 bridgehead atoms. The molecule has 2 N–H and O–H groups in total. The Hall–Kier alpha value is -2.76. The van der Waals surface area contributed by atoms with Crippen molar-refractivity contribution in [2.45, 2.75) is 0 Å². The number of fused-ring (bicyclic) bond motifs is 3. The van der Waals surface area contributed by atoms with E-state index in [2.05, 4.69) is 10.6 Å². The maximum atomic E-state index is 6.16. The highest BCUT2D eigenvalue weighted by molar-refractivity contribution is 7.80. The van der Waals surface area contributed by atoms with Crippen molar-refractivity contribution in [3.63, 3.8) is 0 Å². The van der Waals surface area contributed by atoms with E-state index >= 15 is 0 Å². The molecule has 0 fully saturated rings. The number of para-hydroxylation sites is 2. The van der Waals surface area contributed by atoms with Crippen LogP contribution in [0.5, 0.6) is 5.75 Å². The molecule has 0 unspecified atom stereocenters. The maximum absolute atomic E-state index is 6.16. The fourth-order valence-electron chi connectivity index (χ4n) is 2.86. The smallest absolute Gasteiger partial charge is 0.175 e. The number of nitrogens with one attached hydrogen (secondary N) is 2. The lowest BCUT2D eigenvalue weighted by Gasteiger charge is -2.14. The minimum Gasteiger partial charge on any atom is -0.495 e. The lowest BCUT2D eigenvalue weighted by Crippen LogP contribution is -2.19. The molecule has 0 radical (unpaired) electrons. The molecule has 26 heavy (non-hydrogen) atoms. The first kappa shape index (κ1) is 16.7. The van der Waals surface area contributed by atoms with Crippen LogP contribution in [0.15, 0.2) is 65.1 Å². The third-order valence-corrected chi connectivity index (χ3v) is 4.60. The third-order valence-electron chi connectivity index (χ3n) is 4.07. The van der Waals surface area contributed by atoms with Crippen molar-refractivity contribution in [3.05, 3.63) is 65.7 Å². The Labute approximate surface area is 160 Å². The van der Waals surface area contributed by atoms with E-state index in [1.165, 1.54) is 0 Å². The van der Waals surface area contributed by atoms with Gasteiger partial charge in [-0.2, -0.15) is 0 Å². The van der Waals surface area contributed by atoms with E-state index < -0.39 is 0 Å². The predicted molar refractivity (Wildman–Crippen MR) is 112 cm³/mol. The van der Waals surface area contributed by atoms with Crippen molar-refractivity contribution < 1.29 is 9.15 Å². The lowest BCUT2D eigenvalue weighted by molar-refractivity contribution is 0.417. The summed E-state index contributed by atoms with van der Waals surface area (Å²) < 4.78 is 11.5. The van der Waals surface area contributed by atoms with E-state index in [9.17, 15) is 0 Å². The van der Waals surface area contributed by atoms with Gasteiger partial charge in [0.15, 0.2) is 5.11 Å². The number of furan rings is 1. The number of methoxy groups -OCH3 is 1. The van der Waals surface area contributed by atoms with Gasteiger partial charge < -0.3 is 19.8 Å². The van der Waals surface area contributed by atoms with E-state index in [0.29, 0.717) is 21.6 Å². The largest absolute Gasteiger partial charge is 0.495 e. The summed E-state index contributed by atoms with van der Waals surface area (Å²) in [4.78, 5) is 0. The molecule has 0 atom stereocenters. The van der Waals surface area contributed by atoms with Gasteiger partial charge >= 0.3 is 0 Å². The van der Waals surface area contributed by atoms with Gasteiger partial charge in [-0.1, -0.05) is 41.9 Å². The zero-order valence-electron chi connectivity index (χ0n) is 13.9. The number of halogens is 1. The molecule has 3 aromatic carbocycles. The molecule has 0 saturated heterocycles. The molecule has 0 saturated carbocycles. The standard InChI is InChI=1S/C20H15ClN2O2S/c1-24-19-10-13-12-6-2-5-9-17(12)25-18(13)11-16(19)23-20(26)22-15-8-4-3-7-14(15)21/h2-11H,1H3,(H2,22,23,26). The van der Waals surface area contributed by atoms with Crippen LogP contribution in [0.25, 0.3) is 21.9 Å². The summed E-state index contributed by atoms with van der Waals surface area (Å²) in [5.41, 5.74) is 3.03. The maximum Gasteiger partial charge on any atom is 0.175 e. The Morgan fingerprint density at radius 3 is 2.46 bits per heavy atom. The van der Waals surface area contributed by atoms with E-state index in [4.69, 9.17) is 33.0 Å². The molecule has 0 spiro atoms. The van der Waals surface area contributed by atoms with Crippen LogP contribution in [0.2, 0.25) is 5.02 Å². The lowest BCUT2D eigenvalue weighted by atomic mass is 10.1. The zero-order chi connectivity index (χ0) is 18.1. The molecular formula is C20H15ClN2O2S. The third kappa shape index (κ3) is 3.07. The summed E-state index contributed by atoms with van der Waals surface area (Å²) >= 11 is 11.6. The summed E-state index contributed by atoms with van der Waals surface area (Å²) in [6.07, 6.45) is 0. The molecule has 130 valence electrons. The Bertz CT molecular complexity index is 1120. The SMILES string of the molecule is COc1cc2c(cc1NC(=S)Nc1ccccc1Cl)oc1ccccc12. The molecule has 4 aromatic rings. The molecule has 0 aliphatic carbocycles. The van der Waals surface area contributed by atoms with Gasteiger partial charge in [0.25, 0.3) is 0 Å². The highest BCUT2D eigenvalue weighted by atomic mass is 35.5. The van der Waals surface area contributed by atoms with Crippen LogP contribution < -0.4 is 15.4 Å². The molecule has 0 aliphatic heterocycles. The minimum absolute atomic E-state index is 0.409. The van der Waals surface area contributed by atoms with Gasteiger partial charge in [0, 0.05) is 16.8 Å². The summed E-state index contributed by atoms with van der Waals surface area (Å²) in [5, 5.41) is 9.28. The number of thiocarbonyl (C=S) groups is 1. The van der Waals surface area contributed by atoms with Crippen LogP contribution in [0.1, 0.15) is 0 Å². The van der Waals surface area contributed by atoms with E-state index in [1.807, 2.05) is 54.6 Å². The normalized spacial score (nSPS) is 10.8. The number of ether oxygens (including phenoxy) is 1. The van der Waals surface area contributed by atoms with Crippen LogP contribution >= 0.6 is 23.8 Å². The van der Waals surface area contributed by atoms with E-state index in [1.54, 1.807) is 13.2 Å². The van der Waals surface area contributed by atoms with E-state index in [0.717, 1.165) is 27.6 Å². The molecule has 4 rings (SSSR count). The van der Waals surface area contributed by atoms with Crippen molar-refractivity contribution in [1.29, 1.82) is 0 Å². The first-order valence-corrected chi connectivity index (χ1v) is 8.76. The molecule has 1 heterocycles. The highest BCUT2D eigenvalue weighted by Crippen LogP contribution is 2.36. The Morgan fingerprint density at radius 2 is 1.65 bits per heavy atom. The number of benzene rings is 3. The second kappa shape index (κ2) is 6.86. The van der Waals surface area contributed by atoms with Crippen LogP contribution in [0.4, 0.5) is 11.4 Å². The predicted octanol–water partition coefficient (Wildman–Crippen LogP) is 6.06. The summed E-state index contributed by atoms with van der Waals surface area (Å²) in [6, 6.07) is 19.1. The molecule has 0 amide bonds. The quantitative estimate of drug-likeness (QED) is 0.422. The summed E-state index contributed by atoms with van der Waals surface area (Å²) in [7, 11) is 1.62. The van der Waals surface area contributed by atoms with Crippen molar-refractivity contribution in [1.82, 2.24) is 0 Å².